The Balaban J connectivity index is 1.32. The standard InChI is InChI=1S/C28H25F3N4O3/c1-3-35-25-19(23-20-12-38-13-21(20)24(23)27(35)37)8-16(11-33-25)18-10-17(5-4-14(18)2)34-26(36)15-6-7-32-22(9-15)28(29,30)31/h4-11,20-21,23-24H,3,12-13H2,1-2H3,(H,34,36)/t20-,21+,23+,24-/m1/s1. The van der Waals surface area contributed by atoms with Crippen molar-refractivity contribution in [2.45, 2.75) is 25.9 Å². The fourth-order valence-electron chi connectivity index (χ4n) is 6.10. The number of hydrogen-bond donors (Lipinski definition) is 1. The molecule has 0 radical (unpaired) electrons. The Kier molecular flexibility index (Phi) is 5.75. The van der Waals surface area contributed by atoms with Gasteiger partial charge in [-0.3, -0.25) is 19.5 Å². The lowest BCUT2D eigenvalue weighted by Crippen LogP contribution is -2.57. The van der Waals surface area contributed by atoms with E-state index < -0.39 is 17.8 Å². The molecule has 196 valence electrons. The van der Waals surface area contributed by atoms with Crippen LogP contribution in [0, 0.1) is 24.7 Å². The van der Waals surface area contributed by atoms with E-state index in [1.807, 2.05) is 19.9 Å². The number of nitrogens with zero attached hydrogens (tertiary/aromatic N) is 3. The van der Waals surface area contributed by atoms with E-state index >= 15 is 0 Å². The van der Waals surface area contributed by atoms with Crippen molar-refractivity contribution in [2.75, 3.05) is 30.0 Å². The van der Waals surface area contributed by atoms with Crippen molar-refractivity contribution < 1.29 is 27.5 Å². The monoisotopic (exact) mass is 522 g/mol. The molecule has 2 aromatic heterocycles. The van der Waals surface area contributed by atoms with Crippen LogP contribution in [0.2, 0.25) is 0 Å². The third-order valence-corrected chi connectivity index (χ3v) is 7.98. The Morgan fingerprint density at radius 3 is 2.61 bits per heavy atom. The number of amides is 2. The van der Waals surface area contributed by atoms with Gasteiger partial charge < -0.3 is 10.1 Å². The zero-order chi connectivity index (χ0) is 26.8. The van der Waals surface area contributed by atoms with Crippen LogP contribution in [0.3, 0.4) is 0 Å². The number of halogens is 3. The third-order valence-electron chi connectivity index (χ3n) is 7.98. The van der Waals surface area contributed by atoms with Gasteiger partial charge in [0.15, 0.2) is 0 Å². The summed E-state index contributed by atoms with van der Waals surface area (Å²) in [6.45, 7) is 5.66. The van der Waals surface area contributed by atoms with E-state index in [1.165, 1.54) is 6.07 Å². The van der Waals surface area contributed by atoms with Gasteiger partial charge in [0.05, 0.1) is 19.1 Å². The molecule has 1 aliphatic carbocycles. The molecule has 1 saturated carbocycles. The highest BCUT2D eigenvalue weighted by Gasteiger charge is 2.60. The summed E-state index contributed by atoms with van der Waals surface area (Å²) in [5.74, 6) is 0.643. The molecular weight excluding hydrogens is 497 g/mol. The predicted molar refractivity (Wildman–Crippen MR) is 134 cm³/mol. The lowest BCUT2D eigenvalue weighted by molar-refractivity contribution is -0.141. The second-order valence-corrected chi connectivity index (χ2v) is 10.0. The lowest BCUT2D eigenvalue weighted by atomic mass is 9.54. The van der Waals surface area contributed by atoms with Gasteiger partial charge in [0.2, 0.25) is 5.91 Å². The summed E-state index contributed by atoms with van der Waals surface area (Å²) in [5.41, 5.74) is 2.82. The van der Waals surface area contributed by atoms with Crippen LogP contribution in [0.5, 0.6) is 0 Å². The molecule has 6 rings (SSSR count). The summed E-state index contributed by atoms with van der Waals surface area (Å²) < 4.78 is 44.8. The number of carbonyl (C=O) groups excluding carboxylic acids is 2. The average molecular weight is 523 g/mol. The number of ether oxygens (including phenoxy) is 1. The zero-order valence-electron chi connectivity index (χ0n) is 20.7. The van der Waals surface area contributed by atoms with Crippen LogP contribution >= 0.6 is 0 Å². The molecule has 0 bridgehead atoms. The van der Waals surface area contributed by atoms with E-state index in [0.29, 0.717) is 37.2 Å². The second kappa shape index (κ2) is 8.90. The summed E-state index contributed by atoms with van der Waals surface area (Å²) in [5, 5.41) is 2.69. The first kappa shape index (κ1) is 24.5. The van der Waals surface area contributed by atoms with Crippen LogP contribution in [0.25, 0.3) is 11.1 Å². The average Bonchev–Trinajstić information content (AvgIpc) is 3.28. The first-order valence-electron chi connectivity index (χ1n) is 12.5. The number of anilines is 2. The largest absolute Gasteiger partial charge is 0.433 e. The Morgan fingerprint density at radius 2 is 1.87 bits per heavy atom. The molecule has 4 heterocycles. The summed E-state index contributed by atoms with van der Waals surface area (Å²) in [6.07, 6.45) is -1.95. The van der Waals surface area contributed by atoms with Crippen LogP contribution in [-0.4, -0.2) is 41.5 Å². The van der Waals surface area contributed by atoms with Gasteiger partial charge in [-0.1, -0.05) is 6.07 Å². The highest BCUT2D eigenvalue weighted by atomic mass is 19.4. The minimum Gasteiger partial charge on any atom is -0.381 e. The summed E-state index contributed by atoms with van der Waals surface area (Å²) >= 11 is 0. The Morgan fingerprint density at radius 1 is 1.11 bits per heavy atom. The number of alkyl halides is 3. The number of nitrogens with one attached hydrogen (secondary N) is 1. The number of carbonyl (C=O) groups is 2. The maximum atomic E-state index is 13.2. The maximum Gasteiger partial charge on any atom is 0.433 e. The first-order chi connectivity index (χ1) is 18.2. The fraction of sp³-hybridized carbons (Fsp3) is 0.357. The predicted octanol–water partition coefficient (Wildman–Crippen LogP) is 5.07. The van der Waals surface area contributed by atoms with Gasteiger partial charge in [-0.2, -0.15) is 13.2 Å². The number of pyridine rings is 2. The molecule has 2 fully saturated rings. The zero-order valence-corrected chi connectivity index (χ0v) is 20.7. The van der Waals surface area contributed by atoms with Crippen molar-refractivity contribution in [1.29, 1.82) is 0 Å². The van der Waals surface area contributed by atoms with Crippen molar-refractivity contribution in [3.63, 3.8) is 0 Å². The Labute approximate surface area is 217 Å². The topological polar surface area (TPSA) is 84.4 Å². The number of aryl methyl sites for hydroxylation is 1. The minimum atomic E-state index is -4.64. The molecule has 0 unspecified atom stereocenters. The molecule has 1 N–H and O–H groups in total. The van der Waals surface area contributed by atoms with E-state index in [1.54, 1.807) is 23.2 Å². The highest BCUT2D eigenvalue weighted by Crippen LogP contribution is 2.60. The molecule has 2 amide bonds. The molecule has 2 aliphatic heterocycles. The van der Waals surface area contributed by atoms with E-state index in [0.717, 1.165) is 34.5 Å². The first-order valence-corrected chi connectivity index (χ1v) is 12.5. The number of rotatable bonds is 4. The van der Waals surface area contributed by atoms with Crippen molar-refractivity contribution in [1.82, 2.24) is 9.97 Å². The van der Waals surface area contributed by atoms with E-state index in [-0.39, 0.29) is 29.2 Å². The number of benzene rings is 1. The molecule has 10 heteroatoms. The van der Waals surface area contributed by atoms with Crippen LogP contribution in [0.15, 0.2) is 48.8 Å². The molecule has 3 aliphatic rings. The van der Waals surface area contributed by atoms with Crippen LogP contribution in [0.4, 0.5) is 24.7 Å². The summed E-state index contributed by atoms with van der Waals surface area (Å²) in [6, 6.07) is 9.38. The van der Waals surface area contributed by atoms with Crippen molar-refractivity contribution >= 4 is 23.3 Å². The Bertz CT molecular complexity index is 1460. The molecule has 1 saturated heterocycles. The lowest BCUT2D eigenvalue weighted by Gasteiger charge is -2.52. The molecule has 0 spiro atoms. The number of hydrogen-bond acceptors (Lipinski definition) is 5. The van der Waals surface area contributed by atoms with Crippen molar-refractivity contribution in [3.8, 4) is 11.1 Å². The van der Waals surface area contributed by atoms with E-state index in [2.05, 4.69) is 16.4 Å². The minimum absolute atomic E-state index is 0.0676. The molecule has 1 aromatic carbocycles. The molecule has 4 atom stereocenters. The SMILES string of the molecule is CCN1C(=O)[C@@H]2[C@H]3COC[C@H]3[C@@H]2c2cc(-c3cc(NC(=O)c4ccnc(C(F)(F)F)c4)ccc3C)cnc21. The number of aromatic nitrogens is 2. The van der Waals surface area contributed by atoms with Gasteiger partial charge in [-0.15, -0.1) is 0 Å². The van der Waals surface area contributed by atoms with Crippen molar-refractivity contribution in [3.05, 3.63) is 71.2 Å². The molecule has 38 heavy (non-hydrogen) atoms. The fourth-order valence-corrected chi connectivity index (χ4v) is 6.10. The van der Waals surface area contributed by atoms with Gasteiger partial charge in [-0.05, 0) is 61.2 Å². The van der Waals surface area contributed by atoms with Crippen LogP contribution in [-0.2, 0) is 15.7 Å². The summed E-state index contributed by atoms with van der Waals surface area (Å²) in [4.78, 5) is 35.7. The van der Waals surface area contributed by atoms with Gasteiger partial charge in [0, 0.05) is 53.2 Å². The summed E-state index contributed by atoms with van der Waals surface area (Å²) in [7, 11) is 0. The molecule has 7 nitrogen and oxygen atoms in total. The van der Waals surface area contributed by atoms with Gasteiger partial charge in [0.25, 0.3) is 5.91 Å². The van der Waals surface area contributed by atoms with E-state index in [9.17, 15) is 22.8 Å². The van der Waals surface area contributed by atoms with Crippen LogP contribution < -0.4 is 10.2 Å². The quantitative estimate of drug-likeness (QED) is 0.518. The molecule has 3 aromatic rings. The van der Waals surface area contributed by atoms with Gasteiger partial charge >= 0.3 is 6.18 Å². The van der Waals surface area contributed by atoms with Gasteiger partial charge in [-0.25, -0.2) is 4.98 Å². The normalized spacial score (nSPS) is 23.8. The second-order valence-electron chi connectivity index (χ2n) is 10.0. The van der Waals surface area contributed by atoms with Crippen molar-refractivity contribution in [2.24, 2.45) is 17.8 Å². The molecular formula is C28H25F3N4O3. The van der Waals surface area contributed by atoms with Gasteiger partial charge in [0.1, 0.15) is 11.5 Å². The third kappa shape index (κ3) is 3.86. The maximum absolute atomic E-state index is 13.2. The van der Waals surface area contributed by atoms with E-state index in [4.69, 9.17) is 9.72 Å². The smallest absolute Gasteiger partial charge is 0.381 e. The highest BCUT2D eigenvalue weighted by molar-refractivity contribution is 6.04. The number of fused-ring (bicyclic) bond motifs is 6. The van der Waals surface area contributed by atoms with Crippen LogP contribution in [0.1, 0.15) is 40.0 Å². The Hall–Kier alpha value is -3.79.